The van der Waals surface area contributed by atoms with Crippen molar-refractivity contribution >= 4 is 28.8 Å². The Morgan fingerprint density at radius 1 is 1.55 bits per heavy atom. The Morgan fingerprint density at radius 2 is 2.40 bits per heavy atom. The highest BCUT2D eigenvalue weighted by Crippen LogP contribution is 2.32. The number of anilines is 2. The first kappa shape index (κ1) is 12.8. The van der Waals surface area contributed by atoms with Gasteiger partial charge in [0.15, 0.2) is 0 Å². The SMILES string of the molecule is CNc1ncc([N+](=O)[O-])c(N2CCc3sccc3C2)n1. The minimum Gasteiger partial charge on any atom is -0.357 e. The summed E-state index contributed by atoms with van der Waals surface area (Å²) in [6, 6.07) is 2.07. The molecule has 0 radical (unpaired) electrons. The lowest BCUT2D eigenvalue weighted by atomic mass is 10.1. The van der Waals surface area contributed by atoms with Gasteiger partial charge in [-0.15, -0.1) is 11.3 Å². The summed E-state index contributed by atoms with van der Waals surface area (Å²) < 4.78 is 0. The topological polar surface area (TPSA) is 84.2 Å². The summed E-state index contributed by atoms with van der Waals surface area (Å²) in [6.07, 6.45) is 2.15. The quantitative estimate of drug-likeness (QED) is 0.688. The molecule has 2 aromatic heterocycles. The van der Waals surface area contributed by atoms with Crippen molar-refractivity contribution in [1.82, 2.24) is 9.97 Å². The van der Waals surface area contributed by atoms with Gasteiger partial charge in [0.1, 0.15) is 6.20 Å². The van der Waals surface area contributed by atoms with E-state index in [0.717, 1.165) is 13.0 Å². The second-order valence-corrected chi connectivity index (χ2v) is 5.45. The fraction of sp³-hybridized carbons (Fsp3) is 0.333. The lowest BCUT2D eigenvalue weighted by Gasteiger charge is -2.27. The van der Waals surface area contributed by atoms with Crippen LogP contribution in [0.5, 0.6) is 0 Å². The summed E-state index contributed by atoms with van der Waals surface area (Å²) >= 11 is 1.74. The fourth-order valence-electron chi connectivity index (χ4n) is 2.28. The predicted molar refractivity (Wildman–Crippen MR) is 77.3 cm³/mol. The zero-order valence-corrected chi connectivity index (χ0v) is 11.7. The fourth-order valence-corrected chi connectivity index (χ4v) is 3.17. The number of aromatic nitrogens is 2. The molecule has 3 rings (SSSR count). The van der Waals surface area contributed by atoms with Gasteiger partial charge >= 0.3 is 5.69 Å². The first-order valence-corrected chi connectivity index (χ1v) is 7.06. The molecule has 1 N–H and O–H groups in total. The summed E-state index contributed by atoms with van der Waals surface area (Å²) in [7, 11) is 1.69. The average Bonchev–Trinajstić information content (AvgIpc) is 2.93. The van der Waals surface area contributed by atoms with Gasteiger partial charge in [-0.3, -0.25) is 10.1 Å². The summed E-state index contributed by atoms with van der Waals surface area (Å²) in [4.78, 5) is 22.2. The zero-order valence-electron chi connectivity index (χ0n) is 10.9. The molecule has 7 nitrogen and oxygen atoms in total. The van der Waals surface area contributed by atoms with Crippen molar-refractivity contribution in [2.75, 3.05) is 23.8 Å². The van der Waals surface area contributed by atoms with Crippen molar-refractivity contribution in [2.24, 2.45) is 0 Å². The highest BCUT2D eigenvalue weighted by atomic mass is 32.1. The molecule has 20 heavy (non-hydrogen) atoms. The molecule has 8 heteroatoms. The minimum atomic E-state index is -0.433. The van der Waals surface area contributed by atoms with Crippen molar-refractivity contribution in [1.29, 1.82) is 0 Å². The average molecular weight is 291 g/mol. The van der Waals surface area contributed by atoms with E-state index < -0.39 is 4.92 Å². The van der Waals surface area contributed by atoms with Gasteiger partial charge in [-0.25, -0.2) is 4.98 Å². The summed E-state index contributed by atoms with van der Waals surface area (Å²) in [5, 5.41) is 16.0. The van der Waals surface area contributed by atoms with E-state index in [1.807, 2.05) is 4.90 Å². The van der Waals surface area contributed by atoms with Crippen LogP contribution in [0, 0.1) is 10.1 Å². The Morgan fingerprint density at radius 3 is 3.15 bits per heavy atom. The molecule has 2 aromatic rings. The van der Waals surface area contributed by atoms with Gasteiger partial charge < -0.3 is 10.2 Å². The zero-order chi connectivity index (χ0) is 14.1. The van der Waals surface area contributed by atoms with E-state index in [0.29, 0.717) is 18.3 Å². The van der Waals surface area contributed by atoms with Crippen LogP contribution in [0.2, 0.25) is 0 Å². The number of hydrogen-bond acceptors (Lipinski definition) is 7. The van der Waals surface area contributed by atoms with Crippen molar-refractivity contribution in [3.05, 3.63) is 38.2 Å². The second-order valence-electron chi connectivity index (χ2n) is 4.45. The monoisotopic (exact) mass is 291 g/mol. The molecule has 0 aromatic carbocycles. The van der Waals surface area contributed by atoms with Crippen LogP contribution in [0.15, 0.2) is 17.6 Å². The van der Waals surface area contributed by atoms with Crippen LogP contribution in [0.3, 0.4) is 0 Å². The normalized spacial score (nSPS) is 13.9. The van der Waals surface area contributed by atoms with Gasteiger partial charge in [-0.2, -0.15) is 4.98 Å². The number of nitrogens with one attached hydrogen (secondary N) is 1. The largest absolute Gasteiger partial charge is 0.357 e. The summed E-state index contributed by atoms with van der Waals surface area (Å²) in [5.74, 6) is 0.771. The highest BCUT2D eigenvalue weighted by molar-refractivity contribution is 7.10. The van der Waals surface area contributed by atoms with E-state index in [2.05, 4.69) is 26.7 Å². The molecule has 0 saturated heterocycles. The van der Waals surface area contributed by atoms with Gasteiger partial charge in [0, 0.05) is 25.0 Å². The van der Waals surface area contributed by atoms with Crippen molar-refractivity contribution in [3.8, 4) is 0 Å². The maximum atomic E-state index is 11.1. The third-order valence-corrected chi connectivity index (χ3v) is 4.30. The Balaban J connectivity index is 1.99. The Hall–Kier alpha value is -2.22. The molecule has 0 amide bonds. The van der Waals surface area contributed by atoms with Crippen LogP contribution in [0.25, 0.3) is 0 Å². The maximum Gasteiger partial charge on any atom is 0.329 e. The number of fused-ring (bicyclic) bond motifs is 1. The first-order chi connectivity index (χ1) is 9.69. The molecule has 0 atom stereocenters. The maximum absolute atomic E-state index is 11.1. The smallest absolute Gasteiger partial charge is 0.329 e. The van der Waals surface area contributed by atoms with E-state index in [9.17, 15) is 10.1 Å². The molecule has 104 valence electrons. The third-order valence-electron chi connectivity index (χ3n) is 3.28. The number of rotatable bonds is 3. The van der Waals surface area contributed by atoms with Gasteiger partial charge in [0.2, 0.25) is 11.8 Å². The van der Waals surface area contributed by atoms with E-state index >= 15 is 0 Å². The molecular weight excluding hydrogens is 278 g/mol. The molecule has 0 bridgehead atoms. The minimum absolute atomic E-state index is 0.0531. The van der Waals surface area contributed by atoms with Gasteiger partial charge in [0.25, 0.3) is 0 Å². The lowest BCUT2D eigenvalue weighted by molar-refractivity contribution is -0.384. The highest BCUT2D eigenvalue weighted by Gasteiger charge is 2.26. The number of hydrogen-bond donors (Lipinski definition) is 1. The van der Waals surface area contributed by atoms with Crippen LogP contribution in [-0.2, 0) is 13.0 Å². The van der Waals surface area contributed by atoms with Crippen LogP contribution in [0.1, 0.15) is 10.4 Å². The van der Waals surface area contributed by atoms with E-state index in [1.54, 1.807) is 18.4 Å². The van der Waals surface area contributed by atoms with E-state index in [-0.39, 0.29) is 5.69 Å². The Bertz CT molecular complexity index is 657. The molecule has 0 aliphatic carbocycles. The third kappa shape index (κ3) is 2.18. The van der Waals surface area contributed by atoms with Gasteiger partial charge in [0.05, 0.1) is 4.92 Å². The number of thiophene rings is 1. The predicted octanol–water partition coefficient (Wildman–Crippen LogP) is 2.05. The summed E-state index contributed by atoms with van der Waals surface area (Å²) in [6.45, 7) is 1.38. The van der Waals surface area contributed by atoms with Crippen molar-refractivity contribution in [3.63, 3.8) is 0 Å². The molecule has 1 aliphatic rings. The first-order valence-electron chi connectivity index (χ1n) is 6.18. The standard InChI is InChI=1S/C12H13N5O2S/c1-13-12-14-6-9(17(18)19)11(15-12)16-4-2-10-8(7-16)3-5-20-10/h3,5-6H,2,4,7H2,1H3,(H,13,14,15). The molecule has 0 unspecified atom stereocenters. The number of nitro groups is 1. The van der Waals surface area contributed by atoms with Crippen LogP contribution >= 0.6 is 11.3 Å². The number of nitrogens with zero attached hydrogens (tertiary/aromatic N) is 4. The summed E-state index contributed by atoms with van der Waals surface area (Å²) in [5.41, 5.74) is 1.17. The molecule has 0 saturated carbocycles. The van der Waals surface area contributed by atoms with Gasteiger partial charge in [-0.1, -0.05) is 0 Å². The van der Waals surface area contributed by atoms with Crippen LogP contribution < -0.4 is 10.2 Å². The van der Waals surface area contributed by atoms with E-state index in [1.165, 1.54) is 16.6 Å². The Kier molecular flexibility index (Phi) is 3.23. The van der Waals surface area contributed by atoms with Crippen LogP contribution in [-0.4, -0.2) is 28.5 Å². The molecular formula is C12H13N5O2S. The van der Waals surface area contributed by atoms with Crippen molar-refractivity contribution < 1.29 is 4.92 Å². The lowest BCUT2D eigenvalue weighted by Crippen LogP contribution is -2.31. The molecule has 1 aliphatic heterocycles. The van der Waals surface area contributed by atoms with Crippen molar-refractivity contribution in [2.45, 2.75) is 13.0 Å². The molecule has 3 heterocycles. The van der Waals surface area contributed by atoms with Crippen LogP contribution in [0.4, 0.5) is 17.5 Å². The second kappa shape index (κ2) is 5.04. The molecule has 0 spiro atoms. The Labute approximate surface area is 119 Å². The van der Waals surface area contributed by atoms with Gasteiger partial charge in [-0.05, 0) is 23.4 Å². The molecule has 0 fully saturated rings. The van der Waals surface area contributed by atoms with E-state index in [4.69, 9.17) is 0 Å².